The molecule has 0 saturated heterocycles. The summed E-state index contributed by atoms with van der Waals surface area (Å²) < 4.78 is 0. The predicted octanol–water partition coefficient (Wildman–Crippen LogP) is 3.44. The van der Waals surface area contributed by atoms with E-state index in [4.69, 9.17) is 0 Å². The summed E-state index contributed by atoms with van der Waals surface area (Å²) in [7, 11) is 0. The van der Waals surface area contributed by atoms with Gasteiger partial charge in [-0.3, -0.25) is 10.1 Å². The lowest BCUT2D eigenvalue weighted by molar-refractivity contribution is -0.119. The van der Waals surface area contributed by atoms with Gasteiger partial charge in [-0.1, -0.05) is 54.2 Å². The highest BCUT2D eigenvalue weighted by Gasteiger charge is 2.19. The summed E-state index contributed by atoms with van der Waals surface area (Å²) in [5.41, 5.74) is 3.31. The summed E-state index contributed by atoms with van der Waals surface area (Å²) in [4.78, 5) is 33.3. The number of carbonyl (C=O) groups excluding carboxylic acids is 2. The first kappa shape index (κ1) is 18.8. The first-order chi connectivity index (χ1) is 13.0. The number of aryl methyl sites for hydroxylation is 1. The van der Waals surface area contributed by atoms with Gasteiger partial charge in [-0.05, 0) is 31.5 Å². The zero-order chi connectivity index (χ0) is 19.2. The van der Waals surface area contributed by atoms with Crippen LogP contribution in [0.1, 0.15) is 18.2 Å². The van der Waals surface area contributed by atoms with Crippen molar-refractivity contribution in [3.63, 3.8) is 0 Å². The molecule has 0 fully saturated rings. The van der Waals surface area contributed by atoms with Crippen molar-refractivity contribution in [3.8, 4) is 0 Å². The maximum absolute atomic E-state index is 12.3. The van der Waals surface area contributed by atoms with Crippen LogP contribution in [0, 0.1) is 6.92 Å². The van der Waals surface area contributed by atoms with Crippen LogP contribution in [0.4, 0.5) is 4.79 Å². The molecule has 6 nitrogen and oxygen atoms in total. The van der Waals surface area contributed by atoms with Crippen LogP contribution >= 0.6 is 11.8 Å². The van der Waals surface area contributed by atoms with E-state index in [1.165, 1.54) is 11.8 Å². The van der Waals surface area contributed by atoms with Crippen molar-refractivity contribution in [1.29, 1.82) is 0 Å². The third-order valence-electron chi connectivity index (χ3n) is 3.89. The van der Waals surface area contributed by atoms with Crippen LogP contribution in [-0.2, 0) is 11.3 Å². The van der Waals surface area contributed by atoms with E-state index in [0.717, 1.165) is 22.3 Å². The normalized spacial score (nSPS) is 11.8. The predicted molar refractivity (Wildman–Crippen MR) is 106 cm³/mol. The van der Waals surface area contributed by atoms with Gasteiger partial charge in [0.05, 0.1) is 22.0 Å². The number of rotatable bonds is 5. The number of carbonyl (C=O) groups is 2. The minimum atomic E-state index is -0.516. The largest absolute Gasteiger partial charge is 0.334 e. The number of para-hydroxylation sites is 2. The first-order valence-electron chi connectivity index (χ1n) is 8.55. The molecule has 2 aromatic carbocycles. The summed E-state index contributed by atoms with van der Waals surface area (Å²) in [6.45, 7) is 3.95. The molecule has 1 heterocycles. The second kappa shape index (κ2) is 8.64. The third-order valence-corrected chi connectivity index (χ3v) is 5.07. The average Bonchev–Trinajstić information content (AvgIpc) is 2.67. The molecule has 0 aliphatic carbocycles. The lowest BCUT2D eigenvalue weighted by Crippen LogP contribution is -2.42. The molecule has 0 radical (unpaired) electrons. The highest BCUT2D eigenvalue weighted by Crippen LogP contribution is 2.25. The SMILES string of the molecule is Cc1nc2ccccc2nc1SC(C)C(=O)NC(=O)NCc1ccccc1. The number of amides is 3. The zero-order valence-electron chi connectivity index (χ0n) is 15.1. The Morgan fingerprint density at radius 3 is 2.33 bits per heavy atom. The Morgan fingerprint density at radius 2 is 1.63 bits per heavy atom. The number of imide groups is 1. The van der Waals surface area contributed by atoms with Gasteiger partial charge in [-0.2, -0.15) is 0 Å². The van der Waals surface area contributed by atoms with E-state index in [1.54, 1.807) is 6.92 Å². The molecule has 0 saturated carbocycles. The first-order valence-corrected chi connectivity index (χ1v) is 9.43. The van der Waals surface area contributed by atoms with E-state index in [2.05, 4.69) is 20.6 Å². The lowest BCUT2D eigenvalue weighted by Gasteiger charge is -2.13. The number of urea groups is 1. The quantitative estimate of drug-likeness (QED) is 0.663. The maximum Gasteiger partial charge on any atom is 0.321 e. The van der Waals surface area contributed by atoms with Crippen molar-refractivity contribution in [2.75, 3.05) is 0 Å². The molecule has 0 aliphatic heterocycles. The Hall–Kier alpha value is -2.93. The number of nitrogens with one attached hydrogen (secondary N) is 2. The molecule has 3 aromatic rings. The van der Waals surface area contributed by atoms with Crippen LogP contribution in [0.25, 0.3) is 11.0 Å². The van der Waals surface area contributed by atoms with E-state index >= 15 is 0 Å². The Kier molecular flexibility index (Phi) is 6.03. The van der Waals surface area contributed by atoms with E-state index in [1.807, 2.05) is 61.5 Å². The van der Waals surface area contributed by atoms with E-state index < -0.39 is 11.3 Å². The topological polar surface area (TPSA) is 84.0 Å². The van der Waals surface area contributed by atoms with Gasteiger partial charge in [0.25, 0.3) is 0 Å². The van der Waals surface area contributed by atoms with Gasteiger partial charge in [0.15, 0.2) is 0 Å². The molecule has 1 unspecified atom stereocenters. The fourth-order valence-electron chi connectivity index (χ4n) is 2.44. The van der Waals surface area contributed by atoms with Crippen LogP contribution in [0.3, 0.4) is 0 Å². The fraction of sp³-hybridized carbons (Fsp3) is 0.200. The summed E-state index contributed by atoms with van der Waals surface area (Å²) in [5.74, 6) is -0.375. The van der Waals surface area contributed by atoms with E-state index in [-0.39, 0.29) is 5.91 Å². The molecule has 1 atom stereocenters. The molecule has 7 heteroatoms. The van der Waals surface area contributed by atoms with Gasteiger partial charge in [-0.25, -0.2) is 14.8 Å². The van der Waals surface area contributed by atoms with Crippen LogP contribution in [0.2, 0.25) is 0 Å². The zero-order valence-corrected chi connectivity index (χ0v) is 15.9. The Labute approximate surface area is 161 Å². The summed E-state index contributed by atoms with van der Waals surface area (Å²) in [5, 5.41) is 5.24. The summed E-state index contributed by atoms with van der Waals surface area (Å²) in [6.07, 6.45) is 0. The molecular weight excluding hydrogens is 360 g/mol. The molecule has 138 valence electrons. The van der Waals surface area contributed by atoms with Gasteiger partial charge in [0.2, 0.25) is 5.91 Å². The number of hydrogen-bond donors (Lipinski definition) is 2. The summed E-state index contributed by atoms with van der Waals surface area (Å²) in [6, 6.07) is 16.6. The van der Waals surface area contributed by atoms with Crippen molar-refractivity contribution < 1.29 is 9.59 Å². The Balaban J connectivity index is 1.57. The average molecular weight is 380 g/mol. The van der Waals surface area contributed by atoms with Crippen LogP contribution in [-0.4, -0.2) is 27.2 Å². The van der Waals surface area contributed by atoms with Gasteiger partial charge in [0.1, 0.15) is 5.03 Å². The van der Waals surface area contributed by atoms with Gasteiger partial charge < -0.3 is 5.32 Å². The number of benzene rings is 2. The number of thioether (sulfide) groups is 1. The van der Waals surface area contributed by atoms with Crippen LogP contribution < -0.4 is 10.6 Å². The molecular formula is C20H20N4O2S. The highest BCUT2D eigenvalue weighted by molar-refractivity contribution is 8.00. The van der Waals surface area contributed by atoms with Crippen molar-refractivity contribution in [2.24, 2.45) is 0 Å². The third kappa shape index (κ3) is 5.04. The number of aromatic nitrogens is 2. The van der Waals surface area contributed by atoms with Crippen molar-refractivity contribution >= 4 is 34.7 Å². The highest BCUT2D eigenvalue weighted by atomic mass is 32.2. The molecule has 3 rings (SSSR count). The molecule has 3 amide bonds. The monoisotopic (exact) mass is 380 g/mol. The van der Waals surface area contributed by atoms with Crippen LogP contribution in [0.5, 0.6) is 0 Å². The Bertz CT molecular complexity index is 963. The van der Waals surface area contributed by atoms with E-state index in [0.29, 0.717) is 11.6 Å². The Morgan fingerprint density at radius 1 is 1.00 bits per heavy atom. The van der Waals surface area contributed by atoms with Crippen molar-refractivity contribution in [1.82, 2.24) is 20.6 Å². The molecule has 0 spiro atoms. The number of hydrogen-bond acceptors (Lipinski definition) is 5. The van der Waals surface area contributed by atoms with Gasteiger partial charge in [0, 0.05) is 6.54 Å². The maximum atomic E-state index is 12.3. The second-order valence-electron chi connectivity index (χ2n) is 6.02. The smallest absolute Gasteiger partial charge is 0.321 e. The number of nitrogens with zero attached hydrogens (tertiary/aromatic N) is 2. The van der Waals surface area contributed by atoms with Gasteiger partial charge >= 0.3 is 6.03 Å². The minimum Gasteiger partial charge on any atom is -0.334 e. The second-order valence-corrected chi connectivity index (χ2v) is 7.35. The summed E-state index contributed by atoms with van der Waals surface area (Å²) >= 11 is 1.28. The number of fused-ring (bicyclic) bond motifs is 1. The molecule has 2 N–H and O–H groups in total. The molecule has 27 heavy (non-hydrogen) atoms. The van der Waals surface area contributed by atoms with Gasteiger partial charge in [-0.15, -0.1) is 0 Å². The minimum absolute atomic E-state index is 0.358. The van der Waals surface area contributed by atoms with Crippen LogP contribution in [0.15, 0.2) is 59.6 Å². The fourth-order valence-corrected chi connectivity index (χ4v) is 3.31. The molecule has 1 aromatic heterocycles. The molecule has 0 bridgehead atoms. The van der Waals surface area contributed by atoms with Crippen molar-refractivity contribution in [2.45, 2.75) is 30.7 Å². The molecule has 0 aliphatic rings. The van der Waals surface area contributed by atoms with Crippen molar-refractivity contribution in [3.05, 3.63) is 65.9 Å². The lowest BCUT2D eigenvalue weighted by atomic mass is 10.2. The van der Waals surface area contributed by atoms with E-state index in [9.17, 15) is 9.59 Å². The standard InChI is InChI=1S/C20H20N4O2S/c1-13-19(23-17-11-7-6-10-16(17)22-13)27-14(2)18(25)24-20(26)21-12-15-8-4-3-5-9-15/h3-11,14H,12H2,1-2H3,(H2,21,24,25,26).